The van der Waals surface area contributed by atoms with Gasteiger partial charge >= 0.3 is 0 Å². The lowest BCUT2D eigenvalue weighted by atomic mass is 10.0. The maximum Gasteiger partial charge on any atom is 0.132 e. The molecule has 1 N–H and O–H groups in total. The third-order valence-corrected chi connectivity index (χ3v) is 4.32. The van der Waals surface area contributed by atoms with E-state index in [1.165, 1.54) is 36.1 Å². The summed E-state index contributed by atoms with van der Waals surface area (Å²) in [6.45, 7) is 3.16. The SMILES string of the molecule is CC(CNc1ncnc2c1CCCCC2)c1ccccc1. The van der Waals surface area contributed by atoms with Crippen molar-refractivity contribution in [2.75, 3.05) is 11.9 Å². The summed E-state index contributed by atoms with van der Waals surface area (Å²) in [6, 6.07) is 10.6. The Morgan fingerprint density at radius 3 is 2.71 bits per heavy atom. The Hall–Kier alpha value is -1.90. The quantitative estimate of drug-likeness (QED) is 0.862. The van der Waals surface area contributed by atoms with Gasteiger partial charge in [0.25, 0.3) is 0 Å². The normalized spacial score (nSPS) is 15.9. The van der Waals surface area contributed by atoms with Gasteiger partial charge in [0, 0.05) is 17.8 Å². The fraction of sp³-hybridized carbons (Fsp3) is 0.444. The van der Waals surface area contributed by atoms with Crippen LogP contribution in [0.5, 0.6) is 0 Å². The monoisotopic (exact) mass is 281 g/mol. The zero-order valence-corrected chi connectivity index (χ0v) is 12.7. The summed E-state index contributed by atoms with van der Waals surface area (Å²) >= 11 is 0. The number of nitrogens with one attached hydrogen (secondary N) is 1. The smallest absolute Gasteiger partial charge is 0.132 e. The molecule has 21 heavy (non-hydrogen) atoms. The molecule has 1 aromatic heterocycles. The lowest BCUT2D eigenvalue weighted by molar-refractivity contribution is 0.708. The molecule has 0 aliphatic heterocycles. The highest BCUT2D eigenvalue weighted by Crippen LogP contribution is 2.24. The molecule has 0 fully saturated rings. The van der Waals surface area contributed by atoms with Gasteiger partial charge in [0.2, 0.25) is 0 Å². The van der Waals surface area contributed by atoms with Gasteiger partial charge in [-0.25, -0.2) is 9.97 Å². The average molecular weight is 281 g/mol. The first-order chi connectivity index (χ1) is 10.3. The minimum absolute atomic E-state index is 0.475. The topological polar surface area (TPSA) is 37.8 Å². The highest BCUT2D eigenvalue weighted by molar-refractivity contribution is 5.47. The number of hydrogen-bond donors (Lipinski definition) is 1. The van der Waals surface area contributed by atoms with Crippen LogP contribution in [0.15, 0.2) is 36.7 Å². The van der Waals surface area contributed by atoms with Gasteiger partial charge in [0.1, 0.15) is 12.1 Å². The molecule has 0 saturated heterocycles. The average Bonchev–Trinajstić information content (AvgIpc) is 2.79. The van der Waals surface area contributed by atoms with E-state index in [-0.39, 0.29) is 0 Å². The predicted octanol–water partition coefficient (Wildman–Crippen LogP) is 3.96. The van der Waals surface area contributed by atoms with Crippen molar-refractivity contribution in [2.45, 2.75) is 44.9 Å². The summed E-state index contributed by atoms with van der Waals surface area (Å²) < 4.78 is 0. The van der Waals surface area contributed by atoms with E-state index >= 15 is 0 Å². The van der Waals surface area contributed by atoms with Crippen LogP contribution in [-0.4, -0.2) is 16.5 Å². The van der Waals surface area contributed by atoms with Crippen LogP contribution >= 0.6 is 0 Å². The zero-order chi connectivity index (χ0) is 14.5. The van der Waals surface area contributed by atoms with Crippen LogP contribution < -0.4 is 5.32 Å². The molecular weight excluding hydrogens is 258 g/mol. The molecule has 0 saturated carbocycles. The molecule has 0 spiro atoms. The Bertz CT molecular complexity index is 580. The van der Waals surface area contributed by atoms with Crippen LogP contribution in [0.4, 0.5) is 5.82 Å². The summed E-state index contributed by atoms with van der Waals surface area (Å²) in [5.74, 6) is 1.52. The molecule has 2 aromatic rings. The van der Waals surface area contributed by atoms with E-state index in [9.17, 15) is 0 Å². The minimum atomic E-state index is 0.475. The summed E-state index contributed by atoms with van der Waals surface area (Å²) in [4.78, 5) is 8.95. The van der Waals surface area contributed by atoms with Crippen LogP contribution in [0.25, 0.3) is 0 Å². The van der Waals surface area contributed by atoms with Gasteiger partial charge in [-0.15, -0.1) is 0 Å². The van der Waals surface area contributed by atoms with Crippen molar-refractivity contribution in [1.29, 1.82) is 0 Å². The Morgan fingerprint density at radius 1 is 1.05 bits per heavy atom. The van der Waals surface area contributed by atoms with Crippen molar-refractivity contribution >= 4 is 5.82 Å². The summed E-state index contributed by atoms with van der Waals surface area (Å²) in [6.07, 6.45) is 7.72. The second-order valence-electron chi connectivity index (χ2n) is 5.90. The highest BCUT2D eigenvalue weighted by atomic mass is 15.0. The van der Waals surface area contributed by atoms with Crippen LogP contribution in [-0.2, 0) is 12.8 Å². The first kappa shape index (κ1) is 14.1. The molecule has 3 heteroatoms. The maximum absolute atomic E-state index is 4.48. The van der Waals surface area contributed by atoms with Crippen LogP contribution in [0, 0.1) is 0 Å². The standard InChI is InChI=1S/C18H23N3/c1-14(15-8-4-2-5-9-15)12-19-18-16-10-6-3-7-11-17(16)20-13-21-18/h2,4-5,8-9,13-14H,3,6-7,10-12H2,1H3,(H,19,20,21). The number of anilines is 1. The van der Waals surface area contributed by atoms with Crippen LogP contribution in [0.1, 0.15) is 48.9 Å². The Balaban J connectivity index is 1.71. The number of nitrogens with zero attached hydrogens (tertiary/aromatic N) is 2. The first-order valence-electron chi connectivity index (χ1n) is 7.96. The van der Waals surface area contributed by atoms with Crippen molar-refractivity contribution in [3.8, 4) is 0 Å². The Labute approximate surface area is 126 Å². The number of aromatic nitrogens is 2. The van der Waals surface area contributed by atoms with E-state index in [2.05, 4.69) is 52.5 Å². The molecule has 1 heterocycles. The van der Waals surface area contributed by atoms with Gasteiger partial charge in [-0.3, -0.25) is 0 Å². The highest BCUT2D eigenvalue weighted by Gasteiger charge is 2.14. The Kier molecular flexibility index (Phi) is 4.49. The number of rotatable bonds is 4. The van der Waals surface area contributed by atoms with Crippen molar-refractivity contribution in [1.82, 2.24) is 9.97 Å². The summed E-state index contributed by atoms with van der Waals surface area (Å²) in [5.41, 5.74) is 3.96. The van der Waals surface area contributed by atoms with Gasteiger partial charge in [0.05, 0.1) is 0 Å². The number of hydrogen-bond acceptors (Lipinski definition) is 3. The third-order valence-electron chi connectivity index (χ3n) is 4.32. The summed E-state index contributed by atoms with van der Waals surface area (Å²) in [5, 5.41) is 3.55. The van der Waals surface area contributed by atoms with E-state index in [0.29, 0.717) is 5.92 Å². The van der Waals surface area contributed by atoms with E-state index in [1.807, 2.05) is 0 Å². The number of benzene rings is 1. The number of aryl methyl sites for hydroxylation is 1. The first-order valence-corrected chi connectivity index (χ1v) is 7.96. The molecule has 1 aromatic carbocycles. The maximum atomic E-state index is 4.48. The van der Waals surface area contributed by atoms with Crippen LogP contribution in [0.3, 0.4) is 0 Å². The fourth-order valence-electron chi connectivity index (χ4n) is 3.00. The van der Waals surface area contributed by atoms with E-state index in [1.54, 1.807) is 6.33 Å². The zero-order valence-electron chi connectivity index (χ0n) is 12.7. The lowest BCUT2D eigenvalue weighted by Crippen LogP contribution is -2.13. The third kappa shape index (κ3) is 3.41. The van der Waals surface area contributed by atoms with Crippen molar-refractivity contribution in [2.24, 2.45) is 0 Å². The largest absolute Gasteiger partial charge is 0.369 e. The molecule has 3 rings (SSSR count). The van der Waals surface area contributed by atoms with Gasteiger partial charge < -0.3 is 5.32 Å². The van der Waals surface area contributed by atoms with Gasteiger partial charge in [-0.05, 0) is 37.2 Å². The van der Waals surface area contributed by atoms with Crippen molar-refractivity contribution in [3.63, 3.8) is 0 Å². The molecule has 3 nitrogen and oxygen atoms in total. The molecule has 0 bridgehead atoms. The molecule has 110 valence electrons. The molecule has 1 aliphatic carbocycles. The second-order valence-corrected chi connectivity index (χ2v) is 5.90. The van der Waals surface area contributed by atoms with Crippen molar-refractivity contribution in [3.05, 3.63) is 53.5 Å². The van der Waals surface area contributed by atoms with E-state index in [0.717, 1.165) is 25.2 Å². The predicted molar refractivity (Wildman–Crippen MR) is 86.6 cm³/mol. The Morgan fingerprint density at radius 2 is 1.86 bits per heavy atom. The fourth-order valence-corrected chi connectivity index (χ4v) is 3.00. The lowest BCUT2D eigenvalue weighted by Gasteiger charge is -2.16. The van der Waals surface area contributed by atoms with Gasteiger partial charge in [0.15, 0.2) is 0 Å². The second kappa shape index (κ2) is 6.70. The minimum Gasteiger partial charge on any atom is -0.369 e. The van der Waals surface area contributed by atoms with E-state index < -0.39 is 0 Å². The van der Waals surface area contributed by atoms with Crippen molar-refractivity contribution < 1.29 is 0 Å². The molecule has 0 amide bonds. The number of fused-ring (bicyclic) bond motifs is 1. The van der Waals surface area contributed by atoms with Gasteiger partial charge in [-0.2, -0.15) is 0 Å². The van der Waals surface area contributed by atoms with E-state index in [4.69, 9.17) is 0 Å². The van der Waals surface area contributed by atoms with Gasteiger partial charge in [-0.1, -0.05) is 43.7 Å². The molecule has 0 radical (unpaired) electrons. The summed E-state index contributed by atoms with van der Waals surface area (Å²) in [7, 11) is 0. The van der Waals surface area contributed by atoms with Crippen LogP contribution in [0.2, 0.25) is 0 Å². The molecule has 1 aliphatic rings. The molecule has 1 unspecified atom stereocenters. The molecular formula is C18H23N3. The molecule has 1 atom stereocenters.